The van der Waals surface area contributed by atoms with Gasteiger partial charge in [0.1, 0.15) is 11.6 Å². The molecule has 0 aromatic heterocycles. The number of hydrogen-bond acceptors (Lipinski definition) is 4. The van der Waals surface area contributed by atoms with Crippen molar-refractivity contribution in [1.82, 2.24) is 4.90 Å². The SMILES string of the molecule is CC(=O)/C(C(=N)N1CCN(c2ccccc2)CC1)=C(\C)O. The predicted molar refractivity (Wildman–Crippen MR) is 84.0 cm³/mol. The Morgan fingerprint density at radius 3 is 2.14 bits per heavy atom. The van der Waals surface area contributed by atoms with E-state index in [0.29, 0.717) is 13.1 Å². The van der Waals surface area contributed by atoms with Crippen LogP contribution < -0.4 is 4.90 Å². The molecular weight excluding hydrogens is 266 g/mol. The lowest BCUT2D eigenvalue weighted by Crippen LogP contribution is -2.49. The van der Waals surface area contributed by atoms with E-state index >= 15 is 0 Å². The van der Waals surface area contributed by atoms with Crippen molar-refractivity contribution >= 4 is 17.3 Å². The van der Waals surface area contributed by atoms with Crippen molar-refractivity contribution < 1.29 is 9.90 Å². The van der Waals surface area contributed by atoms with Crippen molar-refractivity contribution in [3.63, 3.8) is 0 Å². The lowest BCUT2D eigenvalue weighted by atomic mass is 10.1. The molecule has 0 spiro atoms. The lowest BCUT2D eigenvalue weighted by molar-refractivity contribution is -0.113. The van der Waals surface area contributed by atoms with Crippen LogP contribution in [0.5, 0.6) is 0 Å². The number of para-hydroxylation sites is 1. The molecule has 0 amide bonds. The highest BCUT2D eigenvalue weighted by Gasteiger charge is 2.24. The number of carbonyl (C=O) groups excluding carboxylic acids is 1. The number of benzene rings is 1. The van der Waals surface area contributed by atoms with E-state index in [4.69, 9.17) is 5.41 Å². The second kappa shape index (κ2) is 6.43. The summed E-state index contributed by atoms with van der Waals surface area (Å²) in [5.74, 6) is -0.237. The third-order valence-electron chi connectivity index (χ3n) is 3.67. The molecule has 0 bridgehead atoms. The molecule has 2 N–H and O–H groups in total. The van der Waals surface area contributed by atoms with E-state index in [1.54, 1.807) is 0 Å². The normalized spacial score (nSPS) is 16.5. The van der Waals surface area contributed by atoms with Gasteiger partial charge in [-0.1, -0.05) is 18.2 Å². The molecule has 0 radical (unpaired) electrons. The molecule has 1 fully saturated rings. The van der Waals surface area contributed by atoms with E-state index in [1.807, 2.05) is 23.1 Å². The molecule has 0 aliphatic carbocycles. The summed E-state index contributed by atoms with van der Waals surface area (Å²) in [5.41, 5.74) is 1.28. The number of nitrogens with zero attached hydrogens (tertiary/aromatic N) is 2. The molecule has 1 aliphatic heterocycles. The largest absolute Gasteiger partial charge is 0.512 e. The van der Waals surface area contributed by atoms with Crippen LogP contribution in [-0.4, -0.2) is 47.8 Å². The van der Waals surface area contributed by atoms with Crippen molar-refractivity contribution in [3.8, 4) is 0 Å². The van der Waals surface area contributed by atoms with E-state index in [9.17, 15) is 9.90 Å². The molecule has 1 aromatic rings. The standard InChI is InChI=1S/C16H21N3O2/c1-12(20)15(13(2)21)16(17)19-10-8-18(9-11-19)14-6-4-3-5-7-14/h3-7,17,20H,8-11H2,1-2H3/b15-12-,17-16?. The van der Waals surface area contributed by atoms with E-state index in [2.05, 4.69) is 17.0 Å². The molecule has 21 heavy (non-hydrogen) atoms. The summed E-state index contributed by atoms with van der Waals surface area (Å²) in [6.07, 6.45) is 0. The summed E-state index contributed by atoms with van der Waals surface area (Å²) in [7, 11) is 0. The number of Topliss-reactive ketones (excluding diaryl/α,β-unsaturated/α-hetero) is 1. The Bertz CT molecular complexity index is 554. The Kier molecular flexibility index (Phi) is 4.62. The van der Waals surface area contributed by atoms with Crippen molar-refractivity contribution in [3.05, 3.63) is 41.7 Å². The average Bonchev–Trinajstić information content (AvgIpc) is 2.47. The van der Waals surface area contributed by atoms with Crippen molar-refractivity contribution in [2.75, 3.05) is 31.1 Å². The van der Waals surface area contributed by atoms with E-state index in [-0.39, 0.29) is 23.0 Å². The predicted octanol–water partition coefficient (Wildman–Crippen LogP) is 2.21. The van der Waals surface area contributed by atoms with Gasteiger partial charge < -0.3 is 14.9 Å². The van der Waals surface area contributed by atoms with Gasteiger partial charge in [-0.2, -0.15) is 0 Å². The molecule has 2 rings (SSSR count). The van der Waals surface area contributed by atoms with Crippen LogP contribution in [0.1, 0.15) is 13.8 Å². The average molecular weight is 287 g/mol. The van der Waals surface area contributed by atoms with Crippen LogP contribution in [-0.2, 0) is 4.79 Å². The van der Waals surface area contributed by atoms with Crippen molar-refractivity contribution in [2.45, 2.75) is 13.8 Å². The van der Waals surface area contributed by atoms with Gasteiger partial charge in [-0.3, -0.25) is 10.2 Å². The van der Waals surface area contributed by atoms with Crippen LogP contribution in [0.25, 0.3) is 0 Å². The van der Waals surface area contributed by atoms with Gasteiger partial charge in [-0.15, -0.1) is 0 Å². The summed E-state index contributed by atoms with van der Waals surface area (Å²) in [4.78, 5) is 15.7. The first-order valence-electron chi connectivity index (χ1n) is 7.05. The molecule has 5 heteroatoms. The van der Waals surface area contributed by atoms with Crippen LogP contribution in [0.4, 0.5) is 5.69 Å². The minimum absolute atomic E-state index is 0.0852. The number of anilines is 1. The van der Waals surface area contributed by atoms with Crippen LogP contribution in [0.2, 0.25) is 0 Å². The fraction of sp³-hybridized carbons (Fsp3) is 0.375. The van der Waals surface area contributed by atoms with E-state index in [1.165, 1.54) is 19.5 Å². The Labute approximate surface area is 125 Å². The Morgan fingerprint density at radius 2 is 1.67 bits per heavy atom. The fourth-order valence-electron chi connectivity index (χ4n) is 2.58. The number of hydrogen-bond donors (Lipinski definition) is 2. The first-order chi connectivity index (χ1) is 10.0. The zero-order valence-electron chi connectivity index (χ0n) is 12.5. The maximum atomic E-state index is 11.6. The number of aliphatic hydroxyl groups is 1. The molecule has 0 atom stereocenters. The first kappa shape index (κ1) is 15.1. The second-order valence-corrected chi connectivity index (χ2v) is 5.17. The Balaban J connectivity index is 2.03. The molecule has 1 aliphatic rings. The molecule has 1 heterocycles. The third-order valence-corrected chi connectivity index (χ3v) is 3.67. The summed E-state index contributed by atoms with van der Waals surface area (Å²) in [5, 5.41) is 17.7. The Hall–Kier alpha value is -2.30. The highest BCUT2D eigenvalue weighted by Crippen LogP contribution is 2.17. The van der Waals surface area contributed by atoms with Crippen molar-refractivity contribution in [2.24, 2.45) is 0 Å². The maximum absolute atomic E-state index is 11.6. The molecular formula is C16H21N3O2. The molecule has 5 nitrogen and oxygen atoms in total. The monoisotopic (exact) mass is 287 g/mol. The zero-order valence-corrected chi connectivity index (χ0v) is 12.5. The molecule has 112 valence electrons. The van der Waals surface area contributed by atoms with Gasteiger partial charge in [0.15, 0.2) is 5.78 Å². The minimum atomic E-state index is -0.273. The molecule has 1 aromatic carbocycles. The van der Waals surface area contributed by atoms with Crippen LogP contribution in [0, 0.1) is 5.41 Å². The topological polar surface area (TPSA) is 67.6 Å². The number of aliphatic hydroxyl groups excluding tert-OH is 1. The highest BCUT2D eigenvalue weighted by atomic mass is 16.3. The number of piperazine rings is 1. The van der Waals surface area contributed by atoms with Gasteiger partial charge in [0.25, 0.3) is 0 Å². The van der Waals surface area contributed by atoms with Crippen LogP contribution in [0.15, 0.2) is 41.7 Å². The molecule has 0 unspecified atom stereocenters. The summed E-state index contributed by atoms with van der Waals surface area (Å²) >= 11 is 0. The Morgan fingerprint density at radius 1 is 1.10 bits per heavy atom. The molecule has 0 saturated carbocycles. The van der Waals surface area contributed by atoms with Gasteiger partial charge in [0.2, 0.25) is 0 Å². The first-order valence-corrected chi connectivity index (χ1v) is 7.05. The van der Waals surface area contributed by atoms with Gasteiger partial charge in [0, 0.05) is 31.9 Å². The van der Waals surface area contributed by atoms with Gasteiger partial charge in [0.05, 0.1) is 5.57 Å². The van der Waals surface area contributed by atoms with E-state index < -0.39 is 0 Å². The minimum Gasteiger partial charge on any atom is -0.512 e. The van der Waals surface area contributed by atoms with E-state index in [0.717, 1.165) is 13.1 Å². The van der Waals surface area contributed by atoms with Crippen LogP contribution in [0.3, 0.4) is 0 Å². The smallest absolute Gasteiger partial charge is 0.166 e. The second-order valence-electron chi connectivity index (χ2n) is 5.17. The van der Waals surface area contributed by atoms with Crippen LogP contribution >= 0.6 is 0 Å². The number of allylic oxidation sites excluding steroid dienone is 1. The number of rotatable bonds is 3. The number of nitrogens with one attached hydrogen (secondary N) is 1. The lowest BCUT2D eigenvalue weighted by Gasteiger charge is -2.37. The third kappa shape index (κ3) is 3.42. The summed E-state index contributed by atoms with van der Waals surface area (Å²) in [6, 6.07) is 10.1. The number of ketones is 1. The quantitative estimate of drug-likeness (QED) is 0.387. The number of amidine groups is 1. The maximum Gasteiger partial charge on any atom is 0.166 e. The summed E-state index contributed by atoms with van der Waals surface area (Å²) < 4.78 is 0. The van der Waals surface area contributed by atoms with Gasteiger partial charge in [-0.25, -0.2) is 0 Å². The fourth-order valence-corrected chi connectivity index (χ4v) is 2.58. The number of carbonyl (C=O) groups is 1. The summed E-state index contributed by atoms with van der Waals surface area (Å²) in [6.45, 7) is 5.75. The van der Waals surface area contributed by atoms with Crippen molar-refractivity contribution in [1.29, 1.82) is 5.41 Å². The zero-order chi connectivity index (χ0) is 15.4. The van der Waals surface area contributed by atoms with Gasteiger partial charge >= 0.3 is 0 Å². The van der Waals surface area contributed by atoms with Gasteiger partial charge in [-0.05, 0) is 26.0 Å². The highest BCUT2D eigenvalue weighted by molar-refractivity contribution is 6.19. The molecule has 1 saturated heterocycles.